The third kappa shape index (κ3) is 7.43. The molecule has 0 aliphatic rings. The Bertz CT molecular complexity index is 548. The number of ketones is 2. The maximum absolute atomic E-state index is 10.9. The molecule has 118 valence electrons. The Morgan fingerprint density at radius 2 is 1.32 bits per heavy atom. The van der Waals surface area contributed by atoms with E-state index < -0.39 is 0 Å². The summed E-state index contributed by atoms with van der Waals surface area (Å²) in [7, 11) is 0. The normalized spacial score (nSPS) is 12.3. The third-order valence-electron chi connectivity index (χ3n) is 3.07. The topological polar surface area (TPSA) is 74.6 Å². The van der Waals surface area contributed by atoms with Gasteiger partial charge in [-0.2, -0.15) is 0 Å². The van der Waals surface area contributed by atoms with Crippen molar-refractivity contribution in [1.29, 1.82) is 0 Å². The average Bonchev–Trinajstić information content (AvgIpc) is 2.42. The summed E-state index contributed by atoms with van der Waals surface area (Å²) in [6.45, 7) is 2.80. The van der Waals surface area contributed by atoms with Crippen molar-refractivity contribution in [3.63, 3.8) is 0 Å². The molecule has 0 unspecified atom stereocenters. The Morgan fingerprint density at radius 1 is 0.909 bits per heavy atom. The lowest BCUT2D eigenvalue weighted by Crippen LogP contribution is -1.95. The zero-order valence-corrected chi connectivity index (χ0v) is 13.0. The van der Waals surface area contributed by atoms with E-state index in [1.807, 2.05) is 24.3 Å². The fourth-order valence-corrected chi connectivity index (χ4v) is 2.10. The van der Waals surface area contributed by atoms with Crippen molar-refractivity contribution in [2.45, 2.75) is 39.5 Å². The van der Waals surface area contributed by atoms with E-state index in [0.29, 0.717) is 25.7 Å². The highest BCUT2D eigenvalue weighted by atomic mass is 16.3. The van der Waals surface area contributed by atoms with Crippen LogP contribution in [-0.4, -0.2) is 21.8 Å². The smallest absolute Gasteiger partial charge is 0.155 e. The number of aliphatic hydroxyl groups excluding tert-OH is 2. The van der Waals surface area contributed by atoms with Crippen molar-refractivity contribution in [3.05, 3.63) is 59.1 Å². The van der Waals surface area contributed by atoms with Crippen LogP contribution in [0, 0.1) is 0 Å². The van der Waals surface area contributed by atoms with Crippen molar-refractivity contribution in [2.75, 3.05) is 0 Å². The zero-order chi connectivity index (χ0) is 16.5. The monoisotopic (exact) mass is 302 g/mol. The molecule has 0 aliphatic heterocycles. The van der Waals surface area contributed by atoms with Gasteiger partial charge in [-0.05, 0) is 37.8 Å². The SMILES string of the molecule is CC(=O)C=C(O)CCc1cccc(CC/C(O)=C/C(C)=O)c1. The van der Waals surface area contributed by atoms with E-state index in [2.05, 4.69) is 0 Å². The van der Waals surface area contributed by atoms with E-state index in [1.54, 1.807) is 0 Å². The van der Waals surface area contributed by atoms with Gasteiger partial charge in [0.15, 0.2) is 11.6 Å². The molecular weight excluding hydrogens is 280 g/mol. The van der Waals surface area contributed by atoms with Crippen LogP contribution >= 0.6 is 0 Å². The Balaban J connectivity index is 2.59. The third-order valence-corrected chi connectivity index (χ3v) is 3.07. The summed E-state index contributed by atoms with van der Waals surface area (Å²) in [5.74, 6) is -0.169. The molecule has 4 nitrogen and oxygen atoms in total. The highest BCUT2D eigenvalue weighted by Crippen LogP contribution is 2.13. The molecule has 0 atom stereocenters. The molecule has 0 amide bonds. The van der Waals surface area contributed by atoms with E-state index in [0.717, 1.165) is 11.1 Å². The number of hydrogen-bond acceptors (Lipinski definition) is 4. The summed E-state index contributed by atoms with van der Waals surface area (Å²) in [5, 5.41) is 19.2. The number of hydrogen-bond donors (Lipinski definition) is 2. The number of carbonyl (C=O) groups is 2. The second-order valence-electron chi connectivity index (χ2n) is 5.31. The largest absolute Gasteiger partial charge is 0.512 e. The van der Waals surface area contributed by atoms with E-state index in [9.17, 15) is 19.8 Å². The molecule has 0 aliphatic carbocycles. The molecule has 2 N–H and O–H groups in total. The minimum atomic E-state index is -0.168. The summed E-state index contributed by atoms with van der Waals surface area (Å²) in [5.41, 5.74) is 2.10. The molecule has 22 heavy (non-hydrogen) atoms. The first-order valence-electron chi connectivity index (χ1n) is 7.25. The summed E-state index contributed by atoms with van der Waals surface area (Å²) in [4.78, 5) is 21.7. The first-order chi connectivity index (χ1) is 10.4. The van der Waals surface area contributed by atoms with Gasteiger partial charge >= 0.3 is 0 Å². The fourth-order valence-electron chi connectivity index (χ4n) is 2.10. The molecule has 0 fully saturated rings. The number of allylic oxidation sites excluding steroid dienone is 4. The lowest BCUT2D eigenvalue weighted by atomic mass is 10.0. The molecule has 0 bridgehead atoms. The van der Waals surface area contributed by atoms with Gasteiger partial charge in [0.1, 0.15) is 0 Å². The first-order valence-corrected chi connectivity index (χ1v) is 7.25. The van der Waals surface area contributed by atoms with E-state index in [4.69, 9.17) is 0 Å². The number of aliphatic hydroxyl groups is 2. The van der Waals surface area contributed by atoms with Crippen LogP contribution in [-0.2, 0) is 22.4 Å². The van der Waals surface area contributed by atoms with Crippen LogP contribution < -0.4 is 0 Å². The van der Waals surface area contributed by atoms with Crippen LogP contribution in [0.2, 0.25) is 0 Å². The van der Waals surface area contributed by atoms with E-state index in [1.165, 1.54) is 26.0 Å². The summed E-state index contributed by atoms with van der Waals surface area (Å²) >= 11 is 0. The first kappa shape index (κ1) is 17.7. The molecule has 0 saturated heterocycles. The van der Waals surface area contributed by atoms with Gasteiger partial charge in [0, 0.05) is 25.0 Å². The maximum Gasteiger partial charge on any atom is 0.155 e. The van der Waals surface area contributed by atoms with Crippen LogP contribution in [0.25, 0.3) is 0 Å². The molecule has 0 radical (unpaired) electrons. The van der Waals surface area contributed by atoms with Crippen LogP contribution in [0.5, 0.6) is 0 Å². The molecule has 4 heteroatoms. The van der Waals surface area contributed by atoms with Crippen molar-refractivity contribution >= 4 is 11.6 Å². The Morgan fingerprint density at radius 3 is 1.68 bits per heavy atom. The summed E-state index contributed by atoms with van der Waals surface area (Å²) < 4.78 is 0. The fraction of sp³-hybridized carbons (Fsp3) is 0.333. The molecule has 1 aromatic carbocycles. The zero-order valence-electron chi connectivity index (χ0n) is 13.0. The molecular formula is C18H22O4. The van der Waals surface area contributed by atoms with E-state index in [-0.39, 0.29) is 23.1 Å². The van der Waals surface area contributed by atoms with Gasteiger partial charge in [0.25, 0.3) is 0 Å². The standard InChI is InChI=1S/C18H22O4/c1-13(19)10-17(21)8-6-15-4-3-5-16(12-15)7-9-18(22)11-14(2)20/h3-5,10-12,21-22H,6-9H2,1-2H3/b17-10-,18-11?. The minimum absolute atomic E-state index is 0.0833. The molecule has 0 aromatic heterocycles. The molecule has 0 heterocycles. The maximum atomic E-state index is 10.9. The van der Waals surface area contributed by atoms with Gasteiger partial charge < -0.3 is 10.2 Å². The quantitative estimate of drug-likeness (QED) is 0.568. The van der Waals surface area contributed by atoms with Gasteiger partial charge in [0.05, 0.1) is 11.5 Å². The van der Waals surface area contributed by atoms with Gasteiger partial charge in [0.2, 0.25) is 0 Å². The highest BCUT2D eigenvalue weighted by molar-refractivity contribution is 5.87. The van der Waals surface area contributed by atoms with Crippen LogP contribution in [0.3, 0.4) is 0 Å². The van der Waals surface area contributed by atoms with Crippen molar-refractivity contribution in [3.8, 4) is 0 Å². The predicted molar refractivity (Wildman–Crippen MR) is 85.9 cm³/mol. The molecule has 1 aromatic rings. The Hall–Kier alpha value is -2.36. The predicted octanol–water partition coefficient (Wildman–Crippen LogP) is 3.61. The number of carbonyl (C=O) groups excluding carboxylic acids is 2. The van der Waals surface area contributed by atoms with Gasteiger partial charge in [-0.1, -0.05) is 24.3 Å². The average molecular weight is 302 g/mol. The number of rotatable bonds is 8. The lowest BCUT2D eigenvalue weighted by Gasteiger charge is -2.05. The number of benzene rings is 1. The van der Waals surface area contributed by atoms with E-state index >= 15 is 0 Å². The second-order valence-corrected chi connectivity index (χ2v) is 5.31. The van der Waals surface area contributed by atoms with Crippen molar-refractivity contribution in [1.82, 2.24) is 0 Å². The summed E-state index contributed by atoms with van der Waals surface area (Å²) in [6, 6.07) is 7.83. The van der Waals surface area contributed by atoms with Crippen LogP contribution in [0.1, 0.15) is 37.8 Å². The number of aryl methyl sites for hydroxylation is 2. The Labute approximate surface area is 130 Å². The van der Waals surface area contributed by atoms with Crippen LogP contribution in [0.4, 0.5) is 0 Å². The van der Waals surface area contributed by atoms with Gasteiger partial charge in [-0.3, -0.25) is 9.59 Å². The molecule has 0 saturated carbocycles. The minimum Gasteiger partial charge on any atom is -0.512 e. The van der Waals surface area contributed by atoms with Crippen molar-refractivity contribution in [2.24, 2.45) is 0 Å². The van der Waals surface area contributed by atoms with Crippen molar-refractivity contribution < 1.29 is 19.8 Å². The lowest BCUT2D eigenvalue weighted by molar-refractivity contribution is -0.113. The van der Waals surface area contributed by atoms with Crippen LogP contribution in [0.15, 0.2) is 47.9 Å². The summed E-state index contributed by atoms with van der Waals surface area (Å²) in [6.07, 6.45) is 4.57. The van der Waals surface area contributed by atoms with Gasteiger partial charge in [-0.15, -0.1) is 0 Å². The highest BCUT2D eigenvalue weighted by Gasteiger charge is 2.02. The molecule has 0 spiro atoms. The second kappa shape index (κ2) is 8.82. The molecule has 1 rings (SSSR count). The Kier molecular flexibility index (Phi) is 7.09. The van der Waals surface area contributed by atoms with Gasteiger partial charge in [-0.25, -0.2) is 0 Å².